The van der Waals surface area contributed by atoms with Gasteiger partial charge in [-0.05, 0) is 49.9 Å². The Kier molecular flexibility index (Phi) is 6.08. The molecule has 3 aromatic rings. The van der Waals surface area contributed by atoms with Crippen molar-refractivity contribution in [3.8, 4) is 5.75 Å². The first-order valence-corrected chi connectivity index (χ1v) is 10.5. The molecule has 0 radical (unpaired) electrons. The average Bonchev–Trinajstić information content (AvgIpc) is 3.20. The van der Waals surface area contributed by atoms with Crippen LogP contribution in [0.4, 0.5) is 13.2 Å². The summed E-state index contributed by atoms with van der Waals surface area (Å²) in [6, 6.07) is 8.61. The number of piperidine rings is 1. The zero-order chi connectivity index (χ0) is 22.9. The number of ether oxygens (including phenoxy) is 1. The van der Waals surface area contributed by atoms with Crippen molar-refractivity contribution in [2.45, 2.75) is 44.7 Å². The summed E-state index contributed by atoms with van der Waals surface area (Å²) in [5.74, 6) is 0.589. The summed E-state index contributed by atoms with van der Waals surface area (Å²) in [4.78, 5) is 18.5. The van der Waals surface area contributed by atoms with E-state index in [4.69, 9.17) is 9.26 Å². The van der Waals surface area contributed by atoms with Gasteiger partial charge in [0.25, 0.3) is 5.71 Å². The average molecular weight is 447 g/mol. The highest BCUT2D eigenvalue weighted by Crippen LogP contribution is 2.40. The van der Waals surface area contributed by atoms with Crippen molar-refractivity contribution in [1.29, 1.82) is 0 Å². The molecule has 1 aliphatic heterocycles. The smallest absolute Gasteiger partial charge is 0.417 e. The highest BCUT2D eigenvalue weighted by molar-refractivity contribution is 5.82. The molecule has 0 aliphatic carbocycles. The molecule has 0 N–H and O–H groups in total. The lowest BCUT2D eigenvalue weighted by Crippen LogP contribution is -2.38. The fourth-order valence-corrected chi connectivity index (χ4v) is 4.20. The number of halogens is 3. The maximum Gasteiger partial charge on any atom is 0.417 e. The number of pyridine rings is 1. The van der Waals surface area contributed by atoms with Gasteiger partial charge in [0.15, 0.2) is 0 Å². The second-order valence-electron chi connectivity index (χ2n) is 8.06. The van der Waals surface area contributed by atoms with Gasteiger partial charge in [0, 0.05) is 31.1 Å². The number of likely N-dealkylation sites (tertiary alicyclic amines) is 1. The molecule has 1 fully saturated rings. The number of aryl methyl sites for hydroxylation is 2. The minimum Gasteiger partial charge on any atom is -0.497 e. The number of methoxy groups -OCH3 is 1. The van der Waals surface area contributed by atoms with Gasteiger partial charge >= 0.3 is 6.18 Å². The number of amides is 1. The number of hydrogen-bond donors (Lipinski definition) is 0. The Balaban J connectivity index is 1.41. The van der Waals surface area contributed by atoms with E-state index < -0.39 is 11.7 Å². The molecule has 2 aromatic heterocycles. The van der Waals surface area contributed by atoms with Crippen LogP contribution in [0.3, 0.4) is 0 Å². The number of hydrogen-bond acceptors (Lipinski definition) is 5. The minimum atomic E-state index is -4.52. The van der Waals surface area contributed by atoms with Crippen molar-refractivity contribution in [3.63, 3.8) is 0 Å². The molecule has 3 heterocycles. The highest BCUT2D eigenvalue weighted by atomic mass is 19.4. The van der Waals surface area contributed by atoms with Gasteiger partial charge in [-0.25, -0.2) is 4.98 Å². The second kappa shape index (κ2) is 8.80. The van der Waals surface area contributed by atoms with Crippen molar-refractivity contribution >= 4 is 17.0 Å². The molecule has 0 bridgehead atoms. The Morgan fingerprint density at radius 3 is 2.53 bits per heavy atom. The molecule has 0 spiro atoms. The summed E-state index contributed by atoms with van der Waals surface area (Å²) in [7, 11) is 1.60. The van der Waals surface area contributed by atoms with Crippen LogP contribution in [0.1, 0.15) is 47.7 Å². The van der Waals surface area contributed by atoms with Crippen molar-refractivity contribution in [3.05, 3.63) is 52.8 Å². The van der Waals surface area contributed by atoms with E-state index in [2.05, 4.69) is 10.1 Å². The van der Waals surface area contributed by atoms with Gasteiger partial charge in [0.2, 0.25) is 5.91 Å². The molecule has 1 amide bonds. The summed E-state index contributed by atoms with van der Waals surface area (Å²) in [5, 5.41) is 3.88. The van der Waals surface area contributed by atoms with Crippen LogP contribution in [-0.2, 0) is 17.4 Å². The Hall–Kier alpha value is -3.10. The Morgan fingerprint density at radius 2 is 1.91 bits per heavy atom. The second-order valence-corrected chi connectivity index (χ2v) is 8.06. The number of carbonyl (C=O) groups is 1. The monoisotopic (exact) mass is 447 g/mol. The standard InChI is InChI=1S/C23H24F3N3O3/c1-14-13-18(23(24,25)26)20-21(28-32-22(20)27-14)16-9-11-29(12-10-16)19(30)8-5-15-3-6-17(31-2)7-4-15/h3-4,6-7,13,16H,5,8-12H2,1-2H3. The molecule has 1 aromatic carbocycles. The Bertz CT molecular complexity index is 1100. The van der Waals surface area contributed by atoms with Crippen LogP contribution in [0.5, 0.6) is 5.75 Å². The number of rotatable bonds is 5. The van der Waals surface area contributed by atoms with Crippen LogP contribution in [0.25, 0.3) is 11.1 Å². The number of aromatic nitrogens is 2. The zero-order valence-corrected chi connectivity index (χ0v) is 17.9. The molecule has 0 saturated carbocycles. The fourth-order valence-electron chi connectivity index (χ4n) is 4.20. The molecule has 0 unspecified atom stereocenters. The van der Waals surface area contributed by atoms with E-state index in [-0.39, 0.29) is 34.3 Å². The maximum atomic E-state index is 13.6. The lowest BCUT2D eigenvalue weighted by molar-refractivity contribution is -0.136. The number of nitrogens with zero attached hydrogens (tertiary/aromatic N) is 3. The van der Waals surface area contributed by atoms with Crippen molar-refractivity contribution in [2.24, 2.45) is 0 Å². The van der Waals surface area contributed by atoms with E-state index >= 15 is 0 Å². The van der Waals surface area contributed by atoms with Gasteiger partial charge in [0.05, 0.1) is 23.8 Å². The van der Waals surface area contributed by atoms with Gasteiger partial charge in [-0.2, -0.15) is 13.2 Å². The third-order valence-electron chi connectivity index (χ3n) is 5.93. The summed E-state index contributed by atoms with van der Waals surface area (Å²) in [5.41, 5.74) is 0.695. The third kappa shape index (κ3) is 4.56. The summed E-state index contributed by atoms with van der Waals surface area (Å²) < 4.78 is 51.1. The van der Waals surface area contributed by atoms with Crippen LogP contribution >= 0.6 is 0 Å². The van der Waals surface area contributed by atoms with Gasteiger partial charge in [-0.1, -0.05) is 17.3 Å². The molecular formula is C23H24F3N3O3. The summed E-state index contributed by atoms with van der Waals surface area (Å²) in [6.07, 6.45) is -2.46. The largest absolute Gasteiger partial charge is 0.497 e. The summed E-state index contributed by atoms with van der Waals surface area (Å²) in [6.45, 7) is 2.44. The first-order valence-electron chi connectivity index (χ1n) is 10.5. The van der Waals surface area contributed by atoms with Crippen molar-refractivity contribution in [2.75, 3.05) is 20.2 Å². The van der Waals surface area contributed by atoms with E-state index in [1.165, 1.54) is 6.92 Å². The van der Waals surface area contributed by atoms with Gasteiger partial charge in [-0.15, -0.1) is 0 Å². The SMILES string of the molecule is COc1ccc(CCC(=O)N2CCC(c3noc4nc(C)cc(C(F)(F)F)c34)CC2)cc1. The number of carbonyl (C=O) groups excluding carboxylic acids is 1. The van der Waals surface area contributed by atoms with Crippen molar-refractivity contribution < 1.29 is 27.2 Å². The lowest BCUT2D eigenvalue weighted by atomic mass is 9.90. The lowest BCUT2D eigenvalue weighted by Gasteiger charge is -2.31. The van der Waals surface area contributed by atoms with Gasteiger partial charge in [0.1, 0.15) is 5.75 Å². The predicted molar refractivity (Wildman–Crippen MR) is 111 cm³/mol. The fraction of sp³-hybridized carbons (Fsp3) is 0.435. The van der Waals surface area contributed by atoms with E-state index in [0.29, 0.717) is 38.8 Å². The molecule has 4 rings (SSSR count). The first kappa shape index (κ1) is 22.1. The third-order valence-corrected chi connectivity index (χ3v) is 5.93. The van der Waals surface area contributed by atoms with E-state index in [1.54, 1.807) is 12.0 Å². The van der Waals surface area contributed by atoms with E-state index in [9.17, 15) is 18.0 Å². The van der Waals surface area contributed by atoms with E-state index in [0.717, 1.165) is 17.4 Å². The summed E-state index contributed by atoms with van der Waals surface area (Å²) >= 11 is 0. The molecule has 1 aliphatic rings. The minimum absolute atomic E-state index is 0.0394. The van der Waals surface area contributed by atoms with Crippen LogP contribution in [-0.4, -0.2) is 41.1 Å². The van der Waals surface area contributed by atoms with Crippen LogP contribution in [0.15, 0.2) is 34.9 Å². The van der Waals surface area contributed by atoms with Crippen LogP contribution in [0, 0.1) is 6.92 Å². The molecule has 32 heavy (non-hydrogen) atoms. The Labute approximate surface area is 183 Å². The molecule has 9 heteroatoms. The Morgan fingerprint density at radius 1 is 1.22 bits per heavy atom. The quantitative estimate of drug-likeness (QED) is 0.557. The molecule has 0 atom stereocenters. The molecule has 1 saturated heterocycles. The van der Waals surface area contributed by atoms with Gasteiger partial charge < -0.3 is 14.2 Å². The van der Waals surface area contributed by atoms with Crippen LogP contribution in [0.2, 0.25) is 0 Å². The maximum absolute atomic E-state index is 13.6. The topological polar surface area (TPSA) is 68.5 Å². The highest BCUT2D eigenvalue weighted by Gasteiger charge is 2.37. The predicted octanol–water partition coefficient (Wildman–Crippen LogP) is 4.90. The van der Waals surface area contributed by atoms with Crippen molar-refractivity contribution in [1.82, 2.24) is 15.0 Å². The molecule has 170 valence electrons. The molecule has 6 nitrogen and oxygen atoms in total. The van der Waals surface area contributed by atoms with E-state index in [1.807, 2.05) is 24.3 Å². The normalized spacial score (nSPS) is 15.3. The number of benzene rings is 1. The van der Waals surface area contributed by atoms with Crippen LogP contribution < -0.4 is 4.74 Å². The zero-order valence-electron chi connectivity index (χ0n) is 17.9. The van der Waals surface area contributed by atoms with Gasteiger partial charge in [-0.3, -0.25) is 4.79 Å². The molecular weight excluding hydrogens is 423 g/mol. The number of fused-ring (bicyclic) bond motifs is 1. The number of alkyl halides is 3. The first-order chi connectivity index (χ1) is 15.3.